The Balaban J connectivity index is -0.0000000471. The van der Waals surface area contributed by atoms with Gasteiger partial charge in [-0.3, -0.25) is 19.9 Å². The molecule has 0 amide bonds. The first-order chi connectivity index (χ1) is 32.7. The number of alkyl halides is 4. The summed E-state index contributed by atoms with van der Waals surface area (Å²) in [4.78, 5) is 81.5. The molecule has 0 aliphatic heterocycles. The Morgan fingerprint density at radius 2 is 0.434 bits per heavy atom. The molecular weight excluding hydrogens is 1270 g/mol. The summed E-state index contributed by atoms with van der Waals surface area (Å²) in [5, 5.41) is 65.2. The summed E-state index contributed by atoms with van der Waals surface area (Å²) >= 11 is 19.1. The molecule has 33 heteroatoms. The van der Waals surface area contributed by atoms with Crippen molar-refractivity contribution in [1.82, 2.24) is 19.9 Å². The molecule has 4 rings (SSSR count). The van der Waals surface area contributed by atoms with E-state index in [0.29, 0.717) is 0 Å². The molecular formula is C43H55Cl5N4O20V4-12. The third-order valence-electron chi connectivity index (χ3n) is 5.21. The van der Waals surface area contributed by atoms with Gasteiger partial charge in [0.2, 0.25) is 0 Å². The average molecular weight is 1330 g/mol. The molecule has 4 aromatic heterocycles. The van der Waals surface area contributed by atoms with Gasteiger partial charge in [0.1, 0.15) is 0 Å². The van der Waals surface area contributed by atoms with Crippen molar-refractivity contribution in [2.45, 2.75) is 93.4 Å². The van der Waals surface area contributed by atoms with E-state index in [0.717, 1.165) is 22.8 Å². The fourth-order valence-electron chi connectivity index (χ4n) is 2.06. The maximum absolute atomic E-state index is 9.26. The maximum Gasteiger partial charge on any atom is 0.0967 e. The standard InChI is InChI=1S/2C10H8N2.7C3H6O2.2CH2Cl2.ClHO4.2O.4V/c2*1-3-7-11-9(5-1)10-6-2-4-8-12-10;7*1-2-3(4)5;2*2-1-3;2-1(3,4)5;;;;;;/h2*1-8H;7*2H2,1H3,(H,4,5);2*1H2;(H,2,3,4,5);;;;;;/q;;;;;;;;;;;;2*-2;;;;/p-8. The molecule has 434 valence electrons. The minimum atomic E-state index is -4.94. The van der Waals surface area contributed by atoms with Gasteiger partial charge in [-0.05, 0) is 93.5 Å². The van der Waals surface area contributed by atoms with Gasteiger partial charge in [-0.15, -0.1) is 56.6 Å². The SMILES string of the molecule is CCC(=O)[O-].CCC(=O)[O-].CCC(=O)[O-].CCC(=O)[O-].CCC(=O)[O-].CCC(=O)[O-].CCC(=O)[O-].ClCCl.ClCCl.[O-2].[O-2].[O-][Cl+3]([O-])([O-])[O-].[V].[V].[V].[V].c1ccc(-c2ccccn2)nc1.c1ccc(-c2ccccn2)nc1. The Kier molecular flexibility index (Phi) is 122. The summed E-state index contributed by atoms with van der Waals surface area (Å²) in [6.07, 6.45) is 7.85. The molecule has 0 saturated carbocycles. The third kappa shape index (κ3) is 134. The van der Waals surface area contributed by atoms with E-state index in [-0.39, 0.29) is 141 Å². The van der Waals surface area contributed by atoms with Gasteiger partial charge >= 0.3 is 0 Å². The van der Waals surface area contributed by atoms with Gasteiger partial charge in [0, 0.05) is 141 Å². The number of nitrogens with zero attached hydrogens (tertiary/aromatic N) is 4. The molecule has 0 fully saturated rings. The van der Waals surface area contributed by atoms with Gasteiger partial charge in [0.05, 0.1) is 33.5 Å². The number of carbonyl (C=O) groups is 7. The van der Waals surface area contributed by atoms with Crippen LogP contribution in [0.5, 0.6) is 0 Å². The zero-order valence-corrected chi connectivity index (χ0v) is 51.1. The van der Waals surface area contributed by atoms with Crippen LogP contribution in [0.1, 0.15) is 93.4 Å². The second-order valence-electron chi connectivity index (χ2n) is 10.5. The predicted octanol–water partition coefficient (Wildman–Crippen LogP) is -3.85. The summed E-state index contributed by atoms with van der Waals surface area (Å²) in [6, 6.07) is 23.2. The zero-order valence-electron chi connectivity index (χ0n) is 41.7. The van der Waals surface area contributed by atoms with Crippen molar-refractivity contribution in [2.75, 3.05) is 10.7 Å². The minimum Gasteiger partial charge on any atom is -2.00 e. The van der Waals surface area contributed by atoms with Crippen LogP contribution < -0.4 is 54.4 Å². The summed E-state index contributed by atoms with van der Waals surface area (Å²) in [5.41, 5.74) is 3.66. The van der Waals surface area contributed by atoms with E-state index >= 15 is 0 Å². The van der Waals surface area contributed by atoms with Crippen LogP contribution in [0.15, 0.2) is 97.6 Å². The molecule has 0 N–H and O–H groups in total. The summed E-state index contributed by atoms with van der Waals surface area (Å²) < 4.78 is 34.0. The second kappa shape index (κ2) is 85.4. The number of halogens is 5. The van der Waals surface area contributed by atoms with E-state index in [1.807, 2.05) is 72.8 Å². The van der Waals surface area contributed by atoms with Crippen molar-refractivity contribution in [1.29, 1.82) is 0 Å². The molecule has 0 saturated heterocycles. The molecule has 0 atom stereocenters. The normalized spacial score (nSPS) is 7.72. The van der Waals surface area contributed by atoms with E-state index in [2.05, 4.69) is 19.9 Å². The first-order valence-corrected chi connectivity index (χ1v) is 22.9. The summed E-state index contributed by atoms with van der Waals surface area (Å²) in [7, 11) is -4.94. The number of hydrogen-bond donors (Lipinski definition) is 0. The molecule has 0 spiro atoms. The van der Waals surface area contributed by atoms with Crippen molar-refractivity contribution in [2.24, 2.45) is 0 Å². The van der Waals surface area contributed by atoms with E-state index in [1.165, 1.54) is 48.5 Å². The Morgan fingerprint density at radius 1 is 0.342 bits per heavy atom. The van der Waals surface area contributed by atoms with Crippen LogP contribution in [0.4, 0.5) is 0 Å². The van der Waals surface area contributed by atoms with Crippen molar-refractivity contribution < 1.29 is 183 Å². The van der Waals surface area contributed by atoms with E-state index < -0.39 is 52.0 Å². The number of carboxylic acids is 7. The molecule has 4 heterocycles. The number of carboxylic acid groups (broad SMARTS) is 7. The second-order valence-corrected chi connectivity index (χ2v) is 12.9. The first-order valence-electron chi connectivity index (χ1n) is 19.6. The number of carbonyl (C=O) groups excluding carboxylic acids is 7. The average Bonchev–Trinajstić information content (AvgIpc) is 3.34. The van der Waals surface area contributed by atoms with Gasteiger partial charge in [-0.1, -0.05) is 72.7 Å². The first kappa shape index (κ1) is 108. The van der Waals surface area contributed by atoms with Crippen LogP contribution in [0.3, 0.4) is 0 Å². The van der Waals surface area contributed by atoms with Gasteiger partial charge in [-0.25, -0.2) is 18.6 Å². The van der Waals surface area contributed by atoms with Crippen LogP contribution in [0, 0.1) is 10.2 Å². The van der Waals surface area contributed by atoms with Crippen LogP contribution >= 0.6 is 46.4 Å². The van der Waals surface area contributed by atoms with E-state index in [9.17, 15) is 69.3 Å². The van der Waals surface area contributed by atoms with Crippen LogP contribution in [-0.4, -0.2) is 72.4 Å². The number of rotatable bonds is 9. The zero-order chi connectivity index (χ0) is 56.4. The Bertz CT molecular complexity index is 1540. The summed E-state index contributed by atoms with van der Waals surface area (Å²) in [6.45, 7) is 10.8. The van der Waals surface area contributed by atoms with E-state index in [1.54, 1.807) is 24.8 Å². The largest absolute Gasteiger partial charge is 2.00 e. The molecule has 0 aliphatic rings. The molecule has 0 bridgehead atoms. The molecule has 4 aromatic rings. The third-order valence-corrected chi connectivity index (χ3v) is 5.21. The number of aliphatic carboxylic acids is 7. The van der Waals surface area contributed by atoms with Gasteiger partial charge in [0.15, 0.2) is 0 Å². The number of hydrogen-bond acceptors (Lipinski definition) is 22. The smallest absolute Gasteiger partial charge is 0.0967 e. The van der Waals surface area contributed by atoms with Crippen molar-refractivity contribution in [3.05, 3.63) is 97.6 Å². The quantitative estimate of drug-likeness (QED) is 0.145. The van der Waals surface area contributed by atoms with Gasteiger partial charge in [-0.2, -0.15) is 0 Å². The topological polar surface area (TPSA) is 482 Å². The fraction of sp³-hybridized carbons (Fsp3) is 0.372. The van der Waals surface area contributed by atoms with Crippen LogP contribution in [-0.2, 0) is 119 Å². The Hall–Kier alpha value is -3.56. The van der Waals surface area contributed by atoms with Crippen LogP contribution in [0.2, 0.25) is 0 Å². The summed E-state index contributed by atoms with van der Waals surface area (Å²) in [5.74, 6) is -6.97. The molecule has 0 aromatic carbocycles. The molecule has 0 aliphatic carbocycles. The molecule has 0 unspecified atom stereocenters. The molecule has 76 heavy (non-hydrogen) atoms. The molecule has 24 nitrogen and oxygen atoms in total. The maximum atomic E-state index is 9.26. The molecule has 4 radical (unpaired) electrons. The minimum absolute atomic E-state index is 0. The van der Waals surface area contributed by atoms with Crippen molar-refractivity contribution in [3.63, 3.8) is 0 Å². The Labute approximate surface area is 511 Å². The monoisotopic (exact) mass is 1330 g/mol. The predicted molar refractivity (Wildman–Crippen MR) is 237 cm³/mol. The fourth-order valence-corrected chi connectivity index (χ4v) is 2.06. The number of pyridine rings is 4. The van der Waals surface area contributed by atoms with Gasteiger partial charge in [0.25, 0.3) is 0 Å². The van der Waals surface area contributed by atoms with Crippen LogP contribution in [0.25, 0.3) is 22.8 Å². The van der Waals surface area contributed by atoms with E-state index in [4.69, 9.17) is 65.0 Å². The Morgan fingerprint density at radius 3 is 0.487 bits per heavy atom. The van der Waals surface area contributed by atoms with Crippen molar-refractivity contribution in [3.8, 4) is 22.8 Å². The van der Waals surface area contributed by atoms with Crippen molar-refractivity contribution >= 4 is 88.2 Å². The van der Waals surface area contributed by atoms with Gasteiger partial charge < -0.3 is 80.3 Å². The number of aromatic nitrogens is 4.